The Labute approximate surface area is 78.3 Å². The summed E-state index contributed by atoms with van der Waals surface area (Å²) in [5, 5.41) is 9.38. The number of aliphatic hydroxyl groups is 1. The molecule has 0 fully saturated rings. The molecule has 11 heavy (non-hydrogen) atoms. The molecule has 0 aromatic heterocycles. The van der Waals surface area contributed by atoms with Gasteiger partial charge in [-0.3, -0.25) is 0 Å². The van der Waals surface area contributed by atoms with Crippen LogP contribution in [0.2, 0.25) is 0 Å². The molecule has 1 aromatic rings. The summed E-state index contributed by atoms with van der Waals surface area (Å²) in [6, 6.07) is 5.82. The van der Waals surface area contributed by atoms with E-state index in [9.17, 15) is 5.11 Å². The minimum atomic E-state index is -0.431. The van der Waals surface area contributed by atoms with Crippen LogP contribution >= 0.6 is 22.6 Å². The van der Waals surface area contributed by atoms with E-state index in [-0.39, 0.29) is 0 Å². The van der Waals surface area contributed by atoms with Gasteiger partial charge in [-0.05, 0) is 40.8 Å². The van der Waals surface area contributed by atoms with Crippen molar-refractivity contribution in [2.75, 3.05) is 6.61 Å². The number of benzene rings is 1. The third-order valence-corrected chi connectivity index (χ3v) is 2.40. The Kier molecular flexibility index (Phi) is 1.77. The van der Waals surface area contributed by atoms with Crippen LogP contribution in [0.3, 0.4) is 0 Å². The lowest BCUT2D eigenvalue weighted by atomic mass is 10.1. The smallest absolute Gasteiger partial charge is 0.125 e. The molecule has 1 aromatic carbocycles. The van der Waals surface area contributed by atoms with E-state index in [0.717, 1.165) is 14.9 Å². The normalized spacial score (nSPS) is 21.1. The first-order chi connectivity index (χ1) is 5.27. The van der Waals surface area contributed by atoms with Gasteiger partial charge < -0.3 is 9.84 Å². The molecule has 2 nitrogen and oxygen atoms in total. The fourth-order valence-corrected chi connectivity index (χ4v) is 1.68. The Morgan fingerprint density at radius 1 is 1.55 bits per heavy atom. The number of hydrogen-bond acceptors (Lipinski definition) is 2. The van der Waals surface area contributed by atoms with Gasteiger partial charge in [0.15, 0.2) is 0 Å². The van der Waals surface area contributed by atoms with Crippen molar-refractivity contribution >= 4 is 22.6 Å². The van der Waals surface area contributed by atoms with E-state index in [1.54, 1.807) is 0 Å². The minimum Gasteiger partial charge on any atom is -0.490 e. The molecule has 1 atom stereocenters. The second kappa shape index (κ2) is 2.64. The van der Waals surface area contributed by atoms with Gasteiger partial charge in [0.2, 0.25) is 0 Å². The molecular weight excluding hydrogens is 255 g/mol. The summed E-state index contributed by atoms with van der Waals surface area (Å²) in [6.07, 6.45) is -0.431. The van der Waals surface area contributed by atoms with E-state index in [2.05, 4.69) is 22.6 Å². The molecule has 1 aliphatic heterocycles. The van der Waals surface area contributed by atoms with Crippen molar-refractivity contribution < 1.29 is 9.84 Å². The molecule has 3 heteroatoms. The average Bonchev–Trinajstić information content (AvgIpc) is 2.33. The number of aliphatic hydroxyl groups excluding tert-OH is 1. The molecule has 58 valence electrons. The van der Waals surface area contributed by atoms with E-state index in [1.807, 2.05) is 18.2 Å². The van der Waals surface area contributed by atoms with Gasteiger partial charge >= 0.3 is 0 Å². The van der Waals surface area contributed by atoms with Crippen LogP contribution < -0.4 is 4.74 Å². The predicted octanol–water partition coefficient (Wildman–Crippen LogP) is 1.72. The fraction of sp³-hybridized carbons (Fsp3) is 0.250. The average molecular weight is 262 g/mol. The second-order valence-corrected chi connectivity index (χ2v) is 3.75. The van der Waals surface area contributed by atoms with Crippen LogP contribution in [0.5, 0.6) is 5.75 Å². The third-order valence-electron chi connectivity index (χ3n) is 1.73. The summed E-state index contributed by atoms with van der Waals surface area (Å²) in [7, 11) is 0. The Morgan fingerprint density at radius 3 is 3.18 bits per heavy atom. The van der Waals surface area contributed by atoms with Gasteiger partial charge in [-0.1, -0.05) is 0 Å². The van der Waals surface area contributed by atoms with Crippen LogP contribution in [-0.4, -0.2) is 11.7 Å². The summed E-state index contributed by atoms with van der Waals surface area (Å²) in [5.41, 5.74) is 0.914. The highest BCUT2D eigenvalue weighted by Gasteiger charge is 2.21. The number of halogens is 1. The lowest BCUT2D eigenvalue weighted by Crippen LogP contribution is -1.97. The molecule has 0 saturated heterocycles. The first-order valence-corrected chi connectivity index (χ1v) is 4.45. The van der Waals surface area contributed by atoms with Gasteiger partial charge in [-0.25, -0.2) is 0 Å². The van der Waals surface area contributed by atoms with Crippen LogP contribution in [0.25, 0.3) is 0 Å². The summed E-state index contributed by atoms with van der Waals surface area (Å²) < 4.78 is 6.34. The van der Waals surface area contributed by atoms with Crippen molar-refractivity contribution in [1.29, 1.82) is 0 Å². The molecule has 0 spiro atoms. The topological polar surface area (TPSA) is 29.5 Å². The van der Waals surface area contributed by atoms with Gasteiger partial charge in [0.1, 0.15) is 18.5 Å². The van der Waals surface area contributed by atoms with Gasteiger partial charge in [0.05, 0.1) is 0 Å². The van der Waals surface area contributed by atoms with Crippen LogP contribution in [0.15, 0.2) is 18.2 Å². The monoisotopic (exact) mass is 262 g/mol. The van der Waals surface area contributed by atoms with Gasteiger partial charge in [0, 0.05) is 9.13 Å². The largest absolute Gasteiger partial charge is 0.490 e. The second-order valence-electron chi connectivity index (χ2n) is 2.51. The van der Waals surface area contributed by atoms with Crippen molar-refractivity contribution in [2.24, 2.45) is 0 Å². The molecule has 1 aliphatic rings. The van der Waals surface area contributed by atoms with Gasteiger partial charge in [-0.15, -0.1) is 0 Å². The van der Waals surface area contributed by atoms with E-state index in [0.29, 0.717) is 6.61 Å². The molecule has 1 heterocycles. The highest BCUT2D eigenvalue weighted by atomic mass is 127. The lowest BCUT2D eigenvalue weighted by molar-refractivity contribution is 0.140. The maximum Gasteiger partial charge on any atom is 0.125 e. The van der Waals surface area contributed by atoms with Crippen molar-refractivity contribution in [2.45, 2.75) is 6.10 Å². The van der Waals surface area contributed by atoms with E-state index in [4.69, 9.17) is 4.74 Å². The predicted molar refractivity (Wildman–Crippen MR) is 49.6 cm³/mol. The van der Waals surface area contributed by atoms with E-state index >= 15 is 0 Å². The van der Waals surface area contributed by atoms with E-state index in [1.165, 1.54) is 0 Å². The highest BCUT2D eigenvalue weighted by molar-refractivity contribution is 14.1. The maximum atomic E-state index is 9.38. The zero-order valence-corrected chi connectivity index (χ0v) is 7.91. The van der Waals surface area contributed by atoms with Gasteiger partial charge in [-0.2, -0.15) is 0 Å². The molecule has 1 unspecified atom stereocenters. The molecule has 0 amide bonds. The zero-order chi connectivity index (χ0) is 7.84. The lowest BCUT2D eigenvalue weighted by Gasteiger charge is -1.98. The molecule has 2 rings (SSSR count). The first kappa shape index (κ1) is 7.36. The molecule has 0 saturated carbocycles. The van der Waals surface area contributed by atoms with Crippen LogP contribution in [0.1, 0.15) is 11.7 Å². The molecule has 1 N–H and O–H groups in total. The van der Waals surface area contributed by atoms with Crippen LogP contribution in [0.4, 0.5) is 0 Å². The zero-order valence-electron chi connectivity index (χ0n) is 5.75. The van der Waals surface area contributed by atoms with Gasteiger partial charge in [0.25, 0.3) is 0 Å². The number of ether oxygens (including phenoxy) is 1. The molecular formula is C8H7IO2. The highest BCUT2D eigenvalue weighted by Crippen LogP contribution is 2.32. The SMILES string of the molecule is OC1COc2ccc(I)cc21. The van der Waals surface area contributed by atoms with Crippen molar-refractivity contribution in [3.8, 4) is 5.75 Å². The molecule has 0 bridgehead atoms. The summed E-state index contributed by atoms with van der Waals surface area (Å²) in [6.45, 7) is 0.398. The van der Waals surface area contributed by atoms with Crippen molar-refractivity contribution in [3.05, 3.63) is 27.3 Å². The van der Waals surface area contributed by atoms with Crippen LogP contribution in [0, 0.1) is 3.57 Å². The Hall–Kier alpha value is -0.290. The standard InChI is InChI=1S/C8H7IO2/c9-5-1-2-8-6(3-5)7(10)4-11-8/h1-3,7,10H,4H2. The van der Waals surface area contributed by atoms with Crippen molar-refractivity contribution in [3.63, 3.8) is 0 Å². The molecule has 0 aliphatic carbocycles. The third kappa shape index (κ3) is 1.22. The van der Waals surface area contributed by atoms with Crippen molar-refractivity contribution in [1.82, 2.24) is 0 Å². The summed E-state index contributed by atoms with van der Waals surface area (Å²) >= 11 is 2.22. The summed E-state index contributed by atoms with van der Waals surface area (Å²) in [4.78, 5) is 0. The summed E-state index contributed by atoms with van der Waals surface area (Å²) in [5.74, 6) is 0.818. The Balaban J connectivity index is 2.52. The minimum absolute atomic E-state index is 0.398. The maximum absolute atomic E-state index is 9.38. The first-order valence-electron chi connectivity index (χ1n) is 3.37. The Morgan fingerprint density at radius 2 is 2.36 bits per heavy atom. The Bertz CT molecular complexity index is 285. The van der Waals surface area contributed by atoms with E-state index < -0.39 is 6.10 Å². The number of fused-ring (bicyclic) bond motifs is 1. The fourth-order valence-electron chi connectivity index (χ4n) is 1.17. The quantitative estimate of drug-likeness (QED) is 0.721. The number of rotatable bonds is 0. The van der Waals surface area contributed by atoms with Crippen LogP contribution in [-0.2, 0) is 0 Å². The number of hydrogen-bond donors (Lipinski definition) is 1. The molecule has 0 radical (unpaired) electrons.